The first-order valence-corrected chi connectivity index (χ1v) is 5.21. The molecule has 0 aliphatic rings. The van der Waals surface area contributed by atoms with Gasteiger partial charge in [-0.3, -0.25) is 4.57 Å². The van der Waals surface area contributed by atoms with Crippen molar-refractivity contribution in [3.8, 4) is 0 Å². The van der Waals surface area contributed by atoms with E-state index in [0.717, 1.165) is 0 Å². The summed E-state index contributed by atoms with van der Waals surface area (Å²) in [6.45, 7) is -3.37. The van der Waals surface area contributed by atoms with Crippen molar-refractivity contribution >= 4 is 28.8 Å². The quantitative estimate of drug-likeness (QED) is 0.287. The first kappa shape index (κ1) is 6.85. The van der Waals surface area contributed by atoms with Crippen LogP contribution in [-0.4, -0.2) is 4.89 Å². The van der Waals surface area contributed by atoms with Crippen molar-refractivity contribution in [3.05, 3.63) is 0 Å². The summed E-state index contributed by atoms with van der Waals surface area (Å²) in [6.07, 6.45) is 0. The van der Waals surface area contributed by atoms with E-state index in [0.29, 0.717) is 10.4 Å². The Balaban J connectivity index is 3.48. The number of hydrogen-bond donors (Lipinski definition) is 3. The molecule has 0 saturated heterocycles. The molecule has 0 spiro atoms. The van der Waals surface area contributed by atoms with E-state index in [1.165, 1.54) is 0 Å². The molecular formula is H4NO2PS2. The van der Waals surface area contributed by atoms with E-state index in [1.807, 2.05) is 0 Å². The summed E-state index contributed by atoms with van der Waals surface area (Å²) in [5.41, 5.74) is 4.53. The molecule has 3 N–H and O–H groups in total. The third-order valence-electron chi connectivity index (χ3n) is 0.117. The SMILES string of the molecule is NP(=O)(O)SS. The molecule has 0 aliphatic heterocycles. The Bertz CT molecular complexity index is 75.6. The summed E-state index contributed by atoms with van der Waals surface area (Å²) >= 11 is 3.38. The van der Waals surface area contributed by atoms with Crippen LogP contribution >= 0.6 is 28.8 Å². The zero-order chi connectivity index (χ0) is 5.21. The molecule has 3 nitrogen and oxygen atoms in total. The highest BCUT2D eigenvalue weighted by atomic mass is 33.3. The molecule has 0 aromatic heterocycles. The second kappa shape index (κ2) is 2.23. The van der Waals surface area contributed by atoms with E-state index < -0.39 is 6.72 Å². The normalized spacial score (nSPS) is 19.8. The Morgan fingerprint density at radius 2 is 2.17 bits per heavy atom. The molecule has 6 heteroatoms. The van der Waals surface area contributed by atoms with Crippen molar-refractivity contribution < 1.29 is 9.46 Å². The van der Waals surface area contributed by atoms with Crippen LogP contribution in [0.15, 0.2) is 0 Å². The monoisotopic (exact) mass is 145 g/mol. The Morgan fingerprint density at radius 3 is 2.17 bits per heavy atom. The van der Waals surface area contributed by atoms with E-state index >= 15 is 0 Å². The first-order valence-electron chi connectivity index (χ1n) is 1.01. The molecule has 0 aromatic carbocycles. The molecular weight excluding hydrogens is 141 g/mol. The minimum absolute atomic E-state index is 0.465. The number of rotatable bonds is 1. The molecule has 1 unspecified atom stereocenters. The van der Waals surface area contributed by atoms with Gasteiger partial charge in [0.1, 0.15) is 0 Å². The topological polar surface area (TPSA) is 63.3 Å². The molecule has 0 aliphatic carbocycles. The molecule has 0 radical (unpaired) electrons. The Hall–Kier alpha value is 0.850. The average molecular weight is 145 g/mol. The van der Waals surface area contributed by atoms with Gasteiger partial charge in [-0.05, 0) is 0 Å². The van der Waals surface area contributed by atoms with Crippen molar-refractivity contribution in [1.29, 1.82) is 0 Å². The molecule has 0 aromatic rings. The van der Waals surface area contributed by atoms with Gasteiger partial charge in [0.15, 0.2) is 0 Å². The Labute approximate surface area is 44.4 Å². The fraction of sp³-hybridized carbons (Fsp3) is 0. The fourth-order valence-corrected chi connectivity index (χ4v) is 0. The largest absolute Gasteiger partial charge is 0.331 e. The molecule has 0 saturated carbocycles. The Kier molecular flexibility index (Phi) is 2.55. The van der Waals surface area contributed by atoms with Gasteiger partial charge in [0, 0.05) is 10.4 Å². The van der Waals surface area contributed by atoms with Crippen LogP contribution in [0.5, 0.6) is 0 Å². The maximum atomic E-state index is 9.80. The van der Waals surface area contributed by atoms with Crippen molar-refractivity contribution in [2.45, 2.75) is 0 Å². The lowest BCUT2D eigenvalue weighted by Crippen LogP contribution is -1.82. The van der Waals surface area contributed by atoms with Crippen LogP contribution in [0.4, 0.5) is 0 Å². The maximum absolute atomic E-state index is 9.80. The molecule has 0 fully saturated rings. The van der Waals surface area contributed by atoms with E-state index in [4.69, 9.17) is 4.89 Å². The summed E-state index contributed by atoms with van der Waals surface area (Å²) in [4.78, 5) is 8.05. The van der Waals surface area contributed by atoms with Crippen molar-refractivity contribution in [3.63, 3.8) is 0 Å². The number of hydrogen-bond acceptors (Lipinski definition) is 3. The van der Waals surface area contributed by atoms with Crippen LogP contribution in [0.1, 0.15) is 0 Å². The van der Waals surface area contributed by atoms with Gasteiger partial charge in [-0.15, -0.1) is 11.7 Å². The molecule has 0 bridgehead atoms. The average Bonchev–Trinajstić information content (AvgIpc) is 1.35. The second-order valence-corrected chi connectivity index (χ2v) is 5.47. The van der Waals surface area contributed by atoms with Gasteiger partial charge >= 0.3 is 6.72 Å². The fourth-order valence-electron chi connectivity index (χ4n) is 0. The van der Waals surface area contributed by atoms with Crippen LogP contribution in [0, 0.1) is 0 Å². The van der Waals surface area contributed by atoms with Gasteiger partial charge in [0.25, 0.3) is 0 Å². The van der Waals surface area contributed by atoms with Crippen LogP contribution in [0.3, 0.4) is 0 Å². The van der Waals surface area contributed by atoms with E-state index in [-0.39, 0.29) is 0 Å². The van der Waals surface area contributed by atoms with Crippen molar-refractivity contribution in [2.24, 2.45) is 5.50 Å². The summed E-state index contributed by atoms with van der Waals surface area (Å²) < 4.78 is 9.80. The second-order valence-electron chi connectivity index (χ2n) is 0.646. The lowest BCUT2D eigenvalue weighted by molar-refractivity contribution is 0.499. The van der Waals surface area contributed by atoms with Crippen LogP contribution < -0.4 is 5.50 Å². The number of thiol groups is 1. The summed E-state index contributed by atoms with van der Waals surface area (Å²) in [5.74, 6) is 0. The van der Waals surface area contributed by atoms with Crippen LogP contribution in [0.25, 0.3) is 0 Å². The molecule has 0 amide bonds. The third-order valence-corrected chi connectivity index (χ3v) is 3.16. The van der Waals surface area contributed by atoms with E-state index in [9.17, 15) is 4.57 Å². The standard InChI is InChI=1S/H4NO2PS2/c1-4(2,3)6-5/h5H,(H3,1,2,3). The predicted molar refractivity (Wildman–Crippen MR) is 30.6 cm³/mol. The highest BCUT2D eigenvalue weighted by molar-refractivity contribution is 8.93. The summed E-state index contributed by atoms with van der Waals surface area (Å²) in [6, 6.07) is 0. The van der Waals surface area contributed by atoms with Crippen molar-refractivity contribution in [1.82, 2.24) is 0 Å². The van der Waals surface area contributed by atoms with Gasteiger partial charge in [-0.25, -0.2) is 5.50 Å². The predicted octanol–water partition coefficient (Wildman–Crippen LogP) is 0.623. The lowest BCUT2D eigenvalue weighted by atomic mass is 13.9. The Morgan fingerprint density at radius 1 is 2.00 bits per heavy atom. The molecule has 6 heavy (non-hydrogen) atoms. The van der Waals surface area contributed by atoms with E-state index in [1.54, 1.807) is 0 Å². The van der Waals surface area contributed by atoms with Gasteiger partial charge in [-0.2, -0.15) is 0 Å². The highest BCUT2D eigenvalue weighted by Gasteiger charge is 2.05. The van der Waals surface area contributed by atoms with Gasteiger partial charge in [0.05, 0.1) is 0 Å². The number of nitrogens with two attached hydrogens (primary N) is 1. The zero-order valence-electron chi connectivity index (χ0n) is 2.74. The lowest BCUT2D eigenvalue weighted by Gasteiger charge is -1.92. The van der Waals surface area contributed by atoms with Gasteiger partial charge in [-0.1, -0.05) is 0 Å². The van der Waals surface area contributed by atoms with Gasteiger partial charge in [0.2, 0.25) is 0 Å². The van der Waals surface area contributed by atoms with E-state index in [2.05, 4.69) is 17.2 Å². The first-order chi connectivity index (χ1) is 2.56. The maximum Gasteiger partial charge on any atom is 0.331 e. The summed E-state index contributed by atoms with van der Waals surface area (Å²) in [7, 11) is 0.465. The molecule has 0 rings (SSSR count). The van der Waals surface area contributed by atoms with Crippen molar-refractivity contribution in [2.75, 3.05) is 0 Å². The molecule has 1 atom stereocenters. The zero-order valence-corrected chi connectivity index (χ0v) is 5.34. The minimum Gasteiger partial charge on any atom is -0.325 e. The molecule has 38 valence electrons. The highest BCUT2D eigenvalue weighted by Crippen LogP contribution is 2.48. The third kappa shape index (κ3) is 4.85. The smallest absolute Gasteiger partial charge is 0.325 e. The van der Waals surface area contributed by atoms with Crippen LogP contribution in [0.2, 0.25) is 0 Å². The summed E-state index contributed by atoms with van der Waals surface area (Å²) in [5, 5.41) is 0. The van der Waals surface area contributed by atoms with Crippen LogP contribution in [-0.2, 0) is 4.57 Å². The minimum atomic E-state index is -3.37. The molecule has 0 heterocycles. The van der Waals surface area contributed by atoms with Gasteiger partial charge < -0.3 is 4.89 Å².